The quantitative estimate of drug-likeness (QED) is 0.104. The van der Waals surface area contributed by atoms with Gasteiger partial charge in [-0.3, -0.25) is 14.3 Å². The van der Waals surface area contributed by atoms with Crippen LogP contribution in [0.2, 0.25) is 0 Å². The molecule has 16 heteroatoms. The number of ether oxygens (including phenoxy) is 1. The number of β-amino-alcohol motifs (C(OH)–C–C–N with tert-alkyl or cyclic N) is 1. The molecule has 5 N–H and O–H groups in total. The van der Waals surface area contributed by atoms with Crippen LogP contribution in [-0.2, 0) is 20.9 Å². The monoisotopic (exact) mass is 791 g/mol. The number of para-hydroxylation sites is 1. The van der Waals surface area contributed by atoms with E-state index in [1.165, 1.54) is 4.90 Å². The molecule has 0 saturated carbocycles. The van der Waals surface area contributed by atoms with Crippen molar-refractivity contribution in [1.29, 1.82) is 0 Å². The molecule has 1 saturated heterocycles. The van der Waals surface area contributed by atoms with Crippen molar-refractivity contribution in [3.63, 3.8) is 0 Å². The van der Waals surface area contributed by atoms with Gasteiger partial charge in [-0.25, -0.2) is 4.98 Å². The summed E-state index contributed by atoms with van der Waals surface area (Å²) in [5.41, 5.74) is 13.9. The van der Waals surface area contributed by atoms with Gasteiger partial charge in [0, 0.05) is 41.9 Å². The minimum absolute atomic E-state index is 0.0124. The Morgan fingerprint density at radius 1 is 1.07 bits per heavy atom. The normalized spacial score (nSPS) is 17.0. The number of nitrogens with one attached hydrogen (secondary N) is 1. The number of phenols is 1. The van der Waals surface area contributed by atoms with Gasteiger partial charge in [0.2, 0.25) is 11.8 Å². The number of aromatic hydroxyl groups is 1. The molecular formula is C41H45N9O6S. The molecule has 7 rings (SSSR count). The highest BCUT2D eigenvalue weighted by atomic mass is 32.1. The summed E-state index contributed by atoms with van der Waals surface area (Å²) in [6.07, 6.45) is 2.75. The van der Waals surface area contributed by atoms with Crippen LogP contribution in [0.4, 0.5) is 5.82 Å². The number of anilines is 1. The molecular weight excluding hydrogens is 747 g/mol. The van der Waals surface area contributed by atoms with Crippen molar-refractivity contribution in [3.8, 4) is 38.6 Å². The molecule has 15 nitrogen and oxygen atoms in total. The van der Waals surface area contributed by atoms with E-state index in [9.17, 15) is 19.8 Å². The van der Waals surface area contributed by atoms with E-state index in [0.29, 0.717) is 34.8 Å². The van der Waals surface area contributed by atoms with Crippen LogP contribution >= 0.6 is 11.3 Å². The number of likely N-dealkylation sites (tertiary alicyclic amines) is 1. The van der Waals surface area contributed by atoms with E-state index < -0.39 is 18.1 Å². The van der Waals surface area contributed by atoms with Crippen molar-refractivity contribution in [2.24, 2.45) is 5.92 Å². The first-order chi connectivity index (χ1) is 27.5. The zero-order valence-corrected chi connectivity index (χ0v) is 32.9. The molecule has 0 unspecified atom stereocenters. The van der Waals surface area contributed by atoms with Gasteiger partial charge < -0.3 is 35.4 Å². The molecule has 1 aliphatic heterocycles. The zero-order valence-electron chi connectivity index (χ0n) is 32.1. The molecule has 5 atom stereocenters. The maximum atomic E-state index is 14.4. The van der Waals surface area contributed by atoms with Crippen molar-refractivity contribution < 1.29 is 29.1 Å². The Labute approximate surface area is 333 Å². The van der Waals surface area contributed by atoms with Gasteiger partial charge in [-0.2, -0.15) is 5.10 Å². The molecule has 1 aliphatic rings. The molecule has 2 aromatic carbocycles. The number of carbonyl (C=O) groups is 2. The number of aliphatic hydroxyl groups is 1. The van der Waals surface area contributed by atoms with E-state index in [1.54, 1.807) is 65.5 Å². The molecule has 1 fully saturated rings. The van der Waals surface area contributed by atoms with Gasteiger partial charge in [0.15, 0.2) is 5.82 Å². The van der Waals surface area contributed by atoms with E-state index >= 15 is 0 Å². The lowest BCUT2D eigenvalue weighted by Crippen LogP contribution is -2.48. The zero-order chi connectivity index (χ0) is 40.2. The van der Waals surface area contributed by atoms with Crippen LogP contribution in [0, 0.1) is 19.8 Å². The third kappa shape index (κ3) is 8.72. The van der Waals surface area contributed by atoms with E-state index in [-0.39, 0.29) is 61.5 Å². The number of nitrogens with two attached hydrogens (primary N) is 1. The first-order valence-electron chi connectivity index (χ1n) is 18.7. The number of hydrogen-bond donors (Lipinski definition) is 4. The molecule has 296 valence electrons. The SMILES string of the molecule is Cc1cc([C@H](C(=O)N2C[C@H](O)C[C@H]2C(=O)N[C@@H](C)c2ccc(-c3scnc3C)cc2)[C@H](C)COCCn2cc(-c3cc(-c4ccccc4O)nnc3N)cn2)on1. The Kier molecular flexibility index (Phi) is 11.7. The lowest BCUT2D eigenvalue weighted by molar-refractivity contribution is -0.141. The van der Waals surface area contributed by atoms with Gasteiger partial charge in [0.25, 0.3) is 0 Å². The number of thiazole rings is 1. The highest BCUT2D eigenvalue weighted by molar-refractivity contribution is 7.13. The van der Waals surface area contributed by atoms with Crippen LogP contribution in [0.3, 0.4) is 0 Å². The van der Waals surface area contributed by atoms with Crippen LogP contribution in [0.5, 0.6) is 5.75 Å². The highest BCUT2D eigenvalue weighted by Gasteiger charge is 2.44. The Balaban J connectivity index is 0.983. The van der Waals surface area contributed by atoms with Crippen LogP contribution < -0.4 is 11.1 Å². The lowest BCUT2D eigenvalue weighted by Gasteiger charge is -2.30. The standard InChI is InChI=1S/C41H45N9O6S/c1-23(21-55-14-13-49-19-29(18-44-49)32-17-33(46-47-39(32)42)31-7-5-6-8-35(31)52)37(36-15-24(2)48-56-36)41(54)50-20-30(51)16-34(50)40(53)45-25(3)27-9-11-28(12-10-27)38-26(4)43-22-57-38/h5-12,15,17-19,22-23,25,30,34,37,51-52H,13-14,16,20-21H2,1-4H3,(H2,42,47)(H,45,53)/t23-,25+,30-,34+,37-/m1/s1. The summed E-state index contributed by atoms with van der Waals surface area (Å²) in [4.78, 5) is 35.0. The van der Waals surface area contributed by atoms with E-state index in [4.69, 9.17) is 15.0 Å². The Bertz CT molecular complexity index is 2340. The van der Waals surface area contributed by atoms with Crippen LogP contribution in [0.1, 0.15) is 54.9 Å². The Morgan fingerprint density at radius 2 is 1.86 bits per heavy atom. The van der Waals surface area contributed by atoms with Crippen LogP contribution in [0.25, 0.3) is 32.8 Å². The maximum absolute atomic E-state index is 14.4. The van der Waals surface area contributed by atoms with Crippen molar-refractivity contribution >= 4 is 29.0 Å². The molecule has 0 spiro atoms. The number of benzene rings is 2. The highest BCUT2D eigenvalue weighted by Crippen LogP contribution is 2.34. The van der Waals surface area contributed by atoms with Gasteiger partial charge in [-0.15, -0.1) is 21.5 Å². The van der Waals surface area contributed by atoms with Crippen molar-refractivity contribution in [1.82, 2.24) is 40.3 Å². The van der Waals surface area contributed by atoms with Crippen LogP contribution in [-0.4, -0.2) is 89.0 Å². The smallest absolute Gasteiger partial charge is 0.243 e. The summed E-state index contributed by atoms with van der Waals surface area (Å²) in [5.74, 6) is -1.21. The molecule has 0 aliphatic carbocycles. The number of phenolic OH excluding ortho intramolecular Hbond substituents is 1. The average molecular weight is 792 g/mol. The van der Waals surface area contributed by atoms with Gasteiger partial charge in [0.1, 0.15) is 23.5 Å². The van der Waals surface area contributed by atoms with Gasteiger partial charge in [0.05, 0.1) is 65.6 Å². The fourth-order valence-electron chi connectivity index (χ4n) is 7.16. The summed E-state index contributed by atoms with van der Waals surface area (Å²) in [5, 5.41) is 40.8. The molecule has 2 amide bonds. The largest absolute Gasteiger partial charge is 0.507 e. The topological polar surface area (TPSA) is 208 Å². The number of aliphatic hydroxyl groups excluding tert-OH is 1. The van der Waals surface area contributed by atoms with Crippen molar-refractivity contribution in [2.75, 3.05) is 25.5 Å². The number of nitrogens with zero attached hydrogens (tertiary/aromatic N) is 7. The van der Waals surface area contributed by atoms with E-state index in [2.05, 4.69) is 30.8 Å². The summed E-state index contributed by atoms with van der Waals surface area (Å²) in [6.45, 7) is 8.42. The number of hydrogen-bond acceptors (Lipinski definition) is 13. The minimum atomic E-state index is -0.873. The minimum Gasteiger partial charge on any atom is -0.507 e. The molecule has 6 aromatic rings. The predicted octanol–water partition coefficient (Wildman–Crippen LogP) is 5.30. The third-order valence-corrected chi connectivity index (χ3v) is 11.2. The fraction of sp³-hybridized carbons (Fsp3) is 0.341. The summed E-state index contributed by atoms with van der Waals surface area (Å²) < 4.78 is 13.4. The van der Waals surface area contributed by atoms with Gasteiger partial charge in [-0.1, -0.05) is 48.5 Å². The molecule has 5 heterocycles. The third-order valence-electron chi connectivity index (χ3n) is 10.2. The average Bonchev–Trinajstić information content (AvgIpc) is 4.02. The number of aryl methyl sites for hydroxylation is 2. The fourth-order valence-corrected chi connectivity index (χ4v) is 7.97. The predicted molar refractivity (Wildman–Crippen MR) is 214 cm³/mol. The molecule has 0 radical (unpaired) electrons. The van der Waals surface area contributed by atoms with Crippen LogP contribution in [0.15, 0.2) is 83.1 Å². The summed E-state index contributed by atoms with van der Waals surface area (Å²) in [7, 11) is 0. The van der Waals surface area contributed by atoms with E-state index in [1.807, 2.05) is 56.7 Å². The second-order valence-electron chi connectivity index (χ2n) is 14.5. The molecule has 4 aromatic heterocycles. The lowest BCUT2D eigenvalue weighted by atomic mass is 9.90. The van der Waals surface area contributed by atoms with Gasteiger partial charge >= 0.3 is 0 Å². The van der Waals surface area contributed by atoms with E-state index in [0.717, 1.165) is 27.3 Å². The Morgan fingerprint density at radius 3 is 2.58 bits per heavy atom. The number of amides is 2. The van der Waals surface area contributed by atoms with Crippen molar-refractivity contribution in [3.05, 3.63) is 101 Å². The second kappa shape index (κ2) is 17.0. The maximum Gasteiger partial charge on any atom is 0.243 e. The molecule has 0 bridgehead atoms. The second-order valence-corrected chi connectivity index (χ2v) is 15.3. The van der Waals surface area contributed by atoms with Gasteiger partial charge in [-0.05, 0) is 56.0 Å². The molecule has 57 heavy (non-hydrogen) atoms. The summed E-state index contributed by atoms with van der Waals surface area (Å²) >= 11 is 1.58. The first-order valence-corrected chi connectivity index (χ1v) is 19.6. The first kappa shape index (κ1) is 39.3. The van der Waals surface area contributed by atoms with Crippen molar-refractivity contribution in [2.45, 2.75) is 64.8 Å². The number of carbonyl (C=O) groups excluding carboxylic acids is 2. The summed E-state index contributed by atoms with van der Waals surface area (Å²) in [6, 6.07) is 17.1. The number of nitrogen functional groups attached to an aromatic ring is 1. The number of rotatable bonds is 14. The number of aromatic nitrogens is 6. The Hall–Kier alpha value is -5.97.